The smallest absolute Gasteiger partial charge is 0.307 e. The van der Waals surface area contributed by atoms with E-state index >= 15 is 0 Å². The van der Waals surface area contributed by atoms with E-state index in [1.165, 1.54) is 0 Å². The highest BCUT2D eigenvalue weighted by molar-refractivity contribution is 5.86. The van der Waals surface area contributed by atoms with Crippen molar-refractivity contribution in [2.45, 2.75) is 39.5 Å². The van der Waals surface area contributed by atoms with E-state index in [1.807, 2.05) is 13.8 Å². The van der Waals surface area contributed by atoms with E-state index in [4.69, 9.17) is 5.73 Å². The van der Waals surface area contributed by atoms with Gasteiger partial charge >= 0.3 is 5.97 Å². The predicted molar refractivity (Wildman–Crippen MR) is 80.7 cm³/mol. The van der Waals surface area contributed by atoms with Crippen molar-refractivity contribution in [2.24, 2.45) is 23.5 Å². The molecule has 2 rings (SSSR count). The quantitative estimate of drug-likeness (QED) is 0.764. The molecule has 0 aromatic carbocycles. The molecule has 22 heavy (non-hydrogen) atoms. The number of primary amides is 1. The topological polar surface area (TPSA) is 101 Å². The van der Waals surface area contributed by atoms with Crippen LogP contribution < -0.4 is 5.73 Å². The molecule has 3 N–H and O–H groups in total. The molecule has 6 nitrogen and oxygen atoms in total. The van der Waals surface area contributed by atoms with Crippen LogP contribution in [0.15, 0.2) is 11.1 Å². The zero-order valence-corrected chi connectivity index (χ0v) is 13.2. The third-order valence-corrected chi connectivity index (χ3v) is 5.11. The number of likely N-dealkylation sites (tertiary alicyclic amines) is 1. The lowest BCUT2D eigenvalue weighted by Gasteiger charge is -2.36. The summed E-state index contributed by atoms with van der Waals surface area (Å²) in [6, 6.07) is 0. The van der Waals surface area contributed by atoms with Gasteiger partial charge < -0.3 is 15.7 Å². The first-order valence-electron chi connectivity index (χ1n) is 7.77. The lowest BCUT2D eigenvalue weighted by Crippen LogP contribution is -2.47. The van der Waals surface area contributed by atoms with Crippen LogP contribution in [0.25, 0.3) is 0 Å². The van der Waals surface area contributed by atoms with Gasteiger partial charge in [0.1, 0.15) is 0 Å². The SMILES string of the molecule is CC1=C(C)CC(C(=O)N2CCC(C(N)=O)CC2)C(C(=O)O)C1. The molecule has 122 valence electrons. The van der Waals surface area contributed by atoms with Gasteiger partial charge in [-0.1, -0.05) is 11.1 Å². The fourth-order valence-corrected chi connectivity index (χ4v) is 3.43. The number of allylic oxidation sites excluding steroid dienone is 2. The second-order valence-corrected chi connectivity index (χ2v) is 6.52. The highest BCUT2D eigenvalue weighted by atomic mass is 16.4. The summed E-state index contributed by atoms with van der Waals surface area (Å²) in [6.07, 6.45) is 2.09. The van der Waals surface area contributed by atoms with E-state index < -0.39 is 17.8 Å². The normalized spacial score (nSPS) is 26.9. The fourth-order valence-electron chi connectivity index (χ4n) is 3.43. The van der Waals surface area contributed by atoms with Gasteiger partial charge in [-0.15, -0.1) is 0 Å². The van der Waals surface area contributed by atoms with Gasteiger partial charge in [0, 0.05) is 19.0 Å². The number of carboxylic acids is 1. The molecule has 1 aliphatic heterocycles. The third kappa shape index (κ3) is 3.31. The number of amides is 2. The Morgan fingerprint density at radius 1 is 1.05 bits per heavy atom. The molecule has 0 radical (unpaired) electrons. The lowest BCUT2D eigenvalue weighted by molar-refractivity contribution is -0.151. The highest BCUT2D eigenvalue weighted by Gasteiger charge is 2.40. The zero-order chi connectivity index (χ0) is 16.4. The number of hydrogen-bond acceptors (Lipinski definition) is 3. The molecule has 2 aliphatic rings. The minimum absolute atomic E-state index is 0.0952. The van der Waals surface area contributed by atoms with Crippen LogP contribution in [-0.2, 0) is 14.4 Å². The van der Waals surface area contributed by atoms with Gasteiger partial charge in [0.25, 0.3) is 0 Å². The molecule has 2 unspecified atom stereocenters. The molecule has 1 aliphatic carbocycles. The van der Waals surface area contributed by atoms with Crippen molar-refractivity contribution >= 4 is 17.8 Å². The van der Waals surface area contributed by atoms with E-state index in [9.17, 15) is 19.5 Å². The lowest BCUT2D eigenvalue weighted by atomic mass is 9.75. The fraction of sp³-hybridized carbons (Fsp3) is 0.688. The minimum atomic E-state index is -0.905. The van der Waals surface area contributed by atoms with Crippen molar-refractivity contribution < 1.29 is 19.5 Å². The van der Waals surface area contributed by atoms with Crippen LogP contribution in [0.2, 0.25) is 0 Å². The summed E-state index contributed by atoms with van der Waals surface area (Å²) < 4.78 is 0. The standard InChI is InChI=1S/C16H24N2O4/c1-9-7-12(13(16(21)22)8-10(9)2)15(20)18-5-3-11(4-6-18)14(17)19/h11-13H,3-8H2,1-2H3,(H2,17,19)(H,21,22). The Hall–Kier alpha value is -1.85. The van der Waals surface area contributed by atoms with Crippen molar-refractivity contribution in [1.29, 1.82) is 0 Å². The number of piperidine rings is 1. The van der Waals surface area contributed by atoms with E-state index in [2.05, 4.69) is 0 Å². The molecule has 1 fully saturated rings. The number of carboxylic acid groups (broad SMARTS) is 1. The Kier molecular flexibility index (Phi) is 4.88. The average Bonchev–Trinajstić information content (AvgIpc) is 2.48. The monoisotopic (exact) mass is 308 g/mol. The van der Waals surface area contributed by atoms with E-state index in [-0.39, 0.29) is 17.7 Å². The number of rotatable bonds is 3. The van der Waals surface area contributed by atoms with Crippen molar-refractivity contribution in [1.82, 2.24) is 4.90 Å². The maximum absolute atomic E-state index is 12.7. The summed E-state index contributed by atoms with van der Waals surface area (Å²) in [4.78, 5) is 37.1. The van der Waals surface area contributed by atoms with Crippen LogP contribution in [0.5, 0.6) is 0 Å². The summed E-state index contributed by atoms with van der Waals surface area (Å²) >= 11 is 0. The van der Waals surface area contributed by atoms with Crippen molar-refractivity contribution in [3.63, 3.8) is 0 Å². The Morgan fingerprint density at radius 2 is 1.55 bits per heavy atom. The van der Waals surface area contributed by atoms with Crippen LogP contribution in [-0.4, -0.2) is 40.9 Å². The average molecular weight is 308 g/mol. The third-order valence-electron chi connectivity index (χ3n) is 5.11. The van der Waals surface area contributed by atoms with Gasteiger partial charge in [-0.05, 0) is 39.5 Å². The molecule has 0 spiro atoms. The summed E-state index contributed by atoms with van der Waals surface area (Å²) in [5, 5.41) is 9.42. The van der Waals surface area contributed by atoms with Gasteiger partial charge in [-0.2, -0.15) is 0 Å². The number of hydrogen-bond donors (Lipinski definition) is 2. The minimum Gasteiger partial charge on any atom is -0.481 e. The maximum Gasteiger partial charge on any atom is 0.307 e. The number of nitrogens with zero attached hydrogens (tertiary/aromatic N) is 1. The molecule has 1 saturated heterocycles. The molecule has 0 bridgehead atoms. The Labute approximate surface area is 130 Å². The summed E-state index contributed by atoms with van der Waals surface area (Å²) in [5.74, 6) is -2.63. The number of nitrogens with two attached hydrogens (primary N) is 1. The van der Waals surface area contributed by atoms with Crippen molar-refractivity contribution in [3.8, 4) is 0 Å². The van der Waals surface area contributed by atoms with Crippen LogP contribution in [0, 0.1) is 17.8 Å². The largest absolute Gasteiger partial charge is 0.481 e. The van der Waals surface area contributed by atoms with Crippen LogP contribution in [0.1, 0.15) is 39.5 Å². The van der Waals surface area contributed by atoms with Gasteiger partial charge in [-0.3, -0.25) is 14.4 Å². The molecular formula is C16H24N2O4. The van der Waals surface area contributed by atoms with Gasteiger partial charge in [-0.25, -0.2) is 0 Å². The summed E-state index contributed by atoms with van der Waals surface area (Å²) in [5.41, 5.74) is 7.49. The molecule has 0 saturated carbocycles. The highest BCUT2D eigenvalue weighted by Crippen LogP contribution is 2.36. The first kappa shape index (κ1) is 16.5. The van der Waals surface area contributed by atoms with Crippen LogP contribution in [0.3, 0.4) is 0 Å². The predicted octanol–water partition coefficient (Wildman–Crippen LogP) is 1.16. The van der Waals surface area contributed by atoms with Gasteiger partial charge in [0.15, 0.2) is 0 Å². The Morgan fingerprint density at radius 3 is 2.00 bits per heavy atom. The van der Waals surface area contributed by atoms with Crippen LogP contribution >= 0.6 is 0 Å². The first-order chi connectivity index (χ1) is 10.3. The van der Waals surface area contributed by atoms with E-state index in [1.54, 1.807) is 4.90 Å². The van der Waals surface area contributed by atoms with E-state index in [0.29, 0.717) is 38.8 Å². The Balaban J connectivity index is 2.08. The molecule has 2 amide bonds. The molecule has 1 heterocycles. The second-order valence-electron chi connectivity index (χ2n) is 6.52. The van der Waals surface area contributed by atoms with E-state index in [0.717, 1.165) is 11.1 Å². The molecule has 0 aromatic rings. The first-order valence-corrected chi connectivity index (χ1v) is 7.77. The number of carbonyl (C=O) groups excluding carboxylic acids is 2. The van der Waals surface area contributed by atoms with Crippen molar-refractivity contribution in [2.75, 3.05) is 13.1 Å². The van der Waals surface area contributed by atoms with Gasteiger partial charge in [0.05, 0.1) is 11.8 Å². The molecule has 6 heteroatoms. The summed E-state index contributed by atoms with van der Waals surface area (Å²) in [6.45, 7) is 4.87. The van der Waals surface area contributed by atoms with Gasteiger partial charge in [0.2, 0.25) is 11.8 Å². The number of aliphatic carboxylic acids is 1. The second kappa shape index (κ2) is 6.50. The van der Waals surface area contributed by atoms with Crippen LogP contribution in [0.4, 0.5) is 0 Å². The molecular weight excluding hydrogens is 284 g/mol. The Bertz CT molecular complexity index is 518. The zero-order valence-electron chi connectivity index (χ0n) is 13.2. The van der Waals surface area contributed by atoms with Crippen molar-refractivity contribution in [3.05, 3.63) is 11.1 Å². The molecule has 2 atom stereocenters. The number of carbonyl (C=O) groups is 3. The molecule has 0 aromatic heterocycles. The summed E-state index contributed by atoms with van der Waals surface area (Å²) in [7, 11) is 0. The maximum atomic E-state index is 12.7.